The zero-order valence-electron chi connectivity index (χ0n) is 17.5. The van der Waals surface area contributed by atoms with Gasteiger partial charge in [0.15, 0.2) is 11.5 Å². The summed E-state index contributed by atoms with van der Waals surface area (Å²) in [7, 11) is 0. The molecule has 0 radical (unpaired) electrons. The summed E-state index contributed by atoms with van der Waals surface area (Å²) < 4.78 is 16.4. The van der Waals surface area contributed by atoms with Gasteiger partial charge in [0.25, 0.3) is 11.7 Å². The van der Waals surface area contributed by atoms with Crippen LogP contribution in [0.1, 0.15) is 22.7 Å². The van der Waals surface area contributed by atoms with Crippen molar-refractivity contribution in [3.63, 3.8) is 0 Å². The molecule has 3 heterocycles. The van der Waals surface area contributed by atoms with Crippen LogP contribution < -0.4 is 19.1 Å². The first-order valence-electron chi connectivity index (χ1n) is 10.6. The van der Waals surface area contributed by atoms with Gasteiger partial charge in [0.05, 0.1) is 18.2 Å². The fourth-order valence-electron chi connectivity index (χ4n) is 4.57. The molecule has 33 heavy (non-hydrogen) atoms. The number of rotatable bonds is 3. The third-order valence-electron chi connectivity index (χ3n) is 6.16. The molecule has 3 aliphatic rings. The van der Waals surface area contributed by atoms with Gasteiger partial charge in [0, 0.05) is 23.7 Å². The normalized spacial score (nSPS) is 20.1. The maximum absolute atomic E-state index is 13.3. The van der Waals surface area contributed by atoms with Gasteiger partial charge in [-0.1, -0.05) is 30.3 Å². The number of hydrogen-bond donors (Lipinski definition) is 1. The summed E-state index contributed by atoms with van der Waals surface area (Å²) in [4.78, 5) is 27.9. The Labute approximate surface area is 189 Å². The van der Waals surface area contributed by atoms with Gasteiger partial charge in [-0.25, -0.2) is 0 Å². The number of amides is 1. The van der Waals surface area contributed by atoms with Crippen LogP contribution in [-0.4, -0.2) is 30.2 Å². The zero-order valence-corrected chi connectivity index (χ0v) is 17.5. The minimum atomic E-state index is -0.795. The lowest BCUT2D eigenvalue weighted by Crippen LogP contribution is -2.29. The molecule has 164 valence electrons. The van der Waals surface area contributed by atoms with Crippen LogP contribution in [0.4, 0.5) is 5.69 Å². The topological polar surface area (TPSA) is 85.3 Å². The Bertz CT molecular complexity index is 1330. The van der Waals surface area contributed by atoms with E-state index >= 15 is 0 Å². The molecule has 1 unspecified atom stereocenters. The molecule has 1 N–H and O–H groups in total. The molecular weight excluding hydrogens is 422 g/mol. The van der Waals surface area contributed by atoms with E-state index in [2.05, 4.69) is 0 Å². The predicted molar refractivity (Wildman–Crippen MR) is 119 cm³/mol. The number of ketones is 1. The summed E-state index contributed by atoms with van der Waals surface area (Å²) in [6.07, 6.45) is 0.726. The van der Waals surface area contributed by atoms with Crippen LogP contribution in [0, 0.1) is 0 Å². The summed E-state index contributed by atoms with van der Waals surface area (Å²) in [6, 6.07) is 18.8. The Morgan fingerprint density at radius 3 is 2.52 bits per heavy atom. The van der Waals surface area contributed by atoms with Crippen LogP contribution in [0.15, 0.2) is 72.3 Å². The second-order valence-corrected chi connectivity index (χ2v) is 8.04. The fourth-order valence-corrected chi connectivity index (χ4v) is 4.57. The molecule has 7 nitrogen and oxygen atoms in total. The summed E-state index contributed by atoms with van der Waals surface area (Å²) in [5.41, 5.74) is 2.67. The van der Waals surface area contributed by atoms with E-state index in [-0.39, 0.29) is 18.1 Å². The largest absolute Gasteiger partial charge is 0.507 e. The average Bonchev–Trinajstić information content (AvgIpc) is 3.56. The number of carbonyl (C=O) groups is 2. The molecule has 0 bridgehead atoms. The standard InChI is InChI=1S/C26H19NO6/c28-24(17-6-8-19-16(12-17)10-11-31-19)22-23(15-4-2-1-3-5-15)27(26(30)25(22)29)18-7-9-20-21(13-18)33-14-32-20/h1-9,12-13,23,28H,10-11,14H2/b24-22+. The Morgan fingerprint density at radius 2 is 1.67 bits per heavy atom. The number of aliphatic hydroxyl groups is 1. The van der Waals surface area contributed by atoms with E-state index in [1.165, 1.54) is 4.90 Å². The number of benzene rings is 3. The van der Waals surface area contributed by atoms with Crippen LogP contribution in [-0.2, 0) is 16.0 Å². The number of Topliss-reactive ketones (excluding diaryl/α,β-unsaturated/α-hetero) is 1. The average molecular weight is 441 g/mol. The molecule has 0 saturated carbocycles. The minimum Gasteiger partial charge on any atom is -0.507 e. The van der Waals surface area contributed by atoms with Crippen LogP contribution in [0.5, 0.6) is 17.2 Å². The van der Waals surface area contributed by atoms with Crippen molar-refractivity contribution in [1.82, 2.24) is 0 Å². The summed E-state index contributed by atoms with van der Waals surface area (Å²) in [5, 5.41) is 11.3. The van der Waals surface area contributed by atoms with Crippen molar-refractivity contribution in [3.8, 4) is 17.2 Å². The fraction of sp³-hybridized carbons (Fsp3) is 0.154. The smallest absolute Gasteiger partial charge is 0.300 e. The molecule has 3 aromatic rings. The van der Waals surface area contributed by atoms with Crippen molar-refractivity contribution in [2.24, 2.45) is 0 Å². The van der Waals surface area contributed by atoms with Crippen LogP contribution in [0.2, 0.25) is 0 Å². The number of carbonyl (C=O) groups excluding carboxylic acids is 2. The highest BCUT2D eigenvalue weighted by Crippen LogP contribution is 2.45. The Balaban J connectivity index is 1.52. The van der Waals surface area contributed by atoms with E-state index < -0.39 is 17.7 Å². The van der Waals surface area contributed by atoms with Crippen molar-refractivity contribution >= 4 is 23.1 Å². The first-order chi connectivity index (χ1) is 16.1. The van der Waals surface area contributed by atoms with Gasteiger partial charge >= 0.3 is 0 Å². The van der Waals surface area contributed by atoms with Crippen molar-refractivity contribution in [3.05, 3.63) is 89.0 Å². The Hall–Kier alpha value is -4.26. The van der Waals surface area contributed by atoms with E-state index in [1.807, 2.05) is 36.4 Å². The monoisotopic (exact) mass is 441 g/mol. The van der Waals surface area contributed by atoms with E-state index in [9.17, 15) is 14.7 Å². The lowest BCUT2D eigenvalue weighted by molar-refractivity contribution is -0.132. The zero-order chi connectivity index (χ0) is 22.5. The molecule has 6 rings (SSSR count). The molecule has 7 heteroatoms. The van der Waals surface area contributed by atoms with Crippen LogP contribution in [0.3, 0.4) is 0 Å². The van der Waals surface area contributed by atoms with Gasteiger partial charge < -0.3 is 19.3 Å². The molecule has 1 amide bonds. The number of fused-ring (bicyclic) bond motifs is 2. The maximum atomic E-state index is 13.3. The lowest BCUT2D eigenvalue weighted by atomic mass is 9.94. The van der Waals surface area contributed by atoms with Crippen molar-refractivity contribution in [2.45, 2.75) is 12.5 Å². The van der Waals surface area contributed by atoms with Gasteiger partial charge in [-0.05, 0) is 41.5 Å². The molecule has 3 aromatic carbocycles. The lowest BCUT2D eigenvalue weighted by Gasteiger charge is -2.25. The van der Waals surface area contributed by atoms with Crippen molar-refractivity contribution in [1.29, 1.82) is 0 Å². The predicted octanol–water partition coefficient (Wildman–Crippen LogP) is 3.98. The summed E-state index contributed by atoms with van der Waals surface area (Å²) in [5.74, 6) is 0.184. The number of aliphatic hydroxyl groups excluding tert-OH is 1. The Morgan fingerprint density at radius 1 is 0.879 bits per heavy atom. The molecule has 1 fully saturated rings. The van der Waals surface area contributed by atoms with E-state index in [4.69, 9.17) is 14.2 Å². The molecule has 1 saturated heterocycles. The van der Waals surface area contributed by atoms with Crippen molar-refractivity contribution < 1.29 is 28.9 Å². The highest BCUT2D eigenvalue weighted by atomic mass is 16.7. The van der Waals surface area contributed by atoms with E-state index in [0.29, 0.717) is 34.9 Å². The van der Waals surface area contributed by atoms with Gasteiger partial charge in [-0.2, -0.15) is 0 Å². The van der Waals surface area contributed by atoms with Gasteiger partial charge in [0.1, 0.15) is 11.5 Å². The quantitative estimate of drug-likeness (QED) is 0.376. The SMILES string of the molecule is O=C1C(=O)N(c2ccc3c(c2)OCO3)C(c2ccccc2)/C1=C(\O)c1ccc2c(c1)CCO2. The third kappa shape index (κ3) is 3.04. The van der Waals surface area contributed by atoms with Gasteiger partial charge in [-0.15, -0.1) is 0 Å². The van der Waals surface area contributed by atoms with Gasteiger partial charge in [-0.3, -0.25) is 14.5 Å². The first-order valence-corrected chi connectivity index (χ1v) is 10.6. The number of ether oxygens (including phenoxy) is 3. The third-order valence-corrected chi connectivity index (χ3v) is 6.16. The number of anilines is 1. The highest BCUT2D eigenvalue weighted by Gasteiger charge is 2.47. The number of hydrogen-bond acceptors (Lipinski definition) is 6. The second kappa shape index (κ2) is 7.41. The van der Waals surface area contributed by atoms with Crippen LogP contribution >= 0.6 is 0 Å². The highest BCUT2D eigenvalue weighted by molar-refractivity contribution is 6.51. The van der Waals surface area contributed by atoms with E-state index in [0.717, 1.165) is 17.7 Å². The second-order valence-electron chi connectivity index (χ2n) is 8.04. The molecule has 1 atom stereocenters. The van der Waals surface area contributed by atoms with Crippen LogP contribution in [0.25, 0.3) is 5.76 Å². The van der Waals surface area contributed by atoms with E-state index in [1.54, 1.807) is 30.3 Å². The van der Waals surface area contributed by atoms with Gasteiger partial charge in [0.2, 0.25) is 6.79 Å². The van der Waals surface area contributed by atoms with Crippen molar-refractivity contribution in [2.75, 3.05) is 18.3 Å². The first kappa shape index (κ1) is 19.4. The molecule has 0 aromatic heterocycles. The minimum absolute atomic E-state index is 0.0442. The maximum Gasteiger partial charge on any atom is 0.300 e. The molecule has 0 aliphatic carbocycles. The molecule has 3 aliphatic heterocycles. The Kier molecular flexibility index (Phi) is 4.36. The summed E-state index contributed by atoms with van der Waals surface area (Å²) in [6.45, 7) is 0.680. The molecule has 0 spiro atoms. The molecular formula is C26H19NO6. The summed E-state index contributed by atoms with van der Waals surface area (Å²) >= 11 is 0. The number of nitrogens with zero attached hydrogens (tertiary/aromatic N) is 1.